The van der Waals surface area contributed by atoms with Crippen LogP contribution < -0.4 is 16.0 Å². The highest BCUT2D eigenvalue weighted by Crippen LogP contribution is 2.31. The summed E-state index contributed by atoms with van der Waals surface area (Å²) in [5.41, 5.74) is 9.79. The zero-order chi connectivity index (χ0) is 16.4. The predicted molar refractivity (Wildman–Crippen MR) is 87.8 cm³/mol. The molecule has 1 heterocycles. The van der Waals surface area contributed by atoms with E-state index < -0.39 is 0 Å². The van der Waals surface area contributed by atoms with Crippen molar-refractivity contribution in [2.24, 2.45) is 11.7 Å². The summed E-state index contributed by atoms with van der Waals surface area (Å²) in [6, 6.07) is 4.07. The van der Waals surface area contributed by atoms with Crippen LogP contribution in [0.25, 0.3) is 0 Å². The zero-order valence-corrected chi connectivity index (χ0v) is 13.8. The lowest BCUT2D eigenvalue weighted by Crippen LogP contribution is -2.42. The van der Waals surface area contributed by atoms with E-state index in [-0.39, 0.29) is 30.2 Å². The smallest absolute Gasteiger partial charge is 0.227 e. The minimum Gasteiger partial charge on any atom is -0.352 e. The van der Waals surface area contributed by atoms with Gasteiger partial charge in [0.05, 0.1) is 5.92 Å². The summed E-state index contributed by atoms with van der Waals surface area (Å²) < 4.78 is 0. The molecular formula is C17H25N3O2. The molecule has 0 aromatic heterocycles. The Morgan fingerprint density at radius 1 is 1.36 bits per heavy atom. The van der Waals surface area contributed by atoms with Crippen molar-refractivity contribution in [3.05, 3.63) is 28.8 Å². The fourth-order valence-electron chi connectivity index (χ4n) is 3.12. The van der Waals surface area contributed by atoms with Gasteiger partial charge in [-0.2, -0.15) is 0 Å². The highest BCUT2D eigenvalue weighted by Gasteiger charge is 2.36. The van der Waals surface area contributed by atoms with Crippen LogP contribution in [0.3, 0.4) is 0 Å². The van der Waals surface area contributed by atoms with Gasteiger partial charge in [0, 0.05) is 31.2 Å². The largest absolute Gasteiger partial charge is 0.352 e. The van der Waals surface area contributed by atoms with E-state index in [2.05, 4.69) is 17.4 Å². The van der Waals surface area contributed by atoms with Crippen molar-refractivity contribution in [2.75, 3.05) is 18.0 Å². The fourth-order valence-corrected chi connectivity index (χ4v) is 3.12. The van der Waals surface area contributed by atoms with Gasteiger partial charge in [0.2, 0.25) is 11.8 Å². The van der Waals surface area contributed by atoms with Gasteiger partial charge in [0.1, 0.15) is 0 Å². The van der Waals surface area contributed by atoms with Gasteiger partial charge in [-0.25, -0.2) is 0 Å². The maximum absolute atomic E-state index is 12.4. The highest BCUT2D eigenvalue weighted by molar-refractivity contribution is 6.01. The molecule has 1 aromatic carbocycles. The minimum absolute atomic E-state index is 0.00982. The molecule has 1 fully saturated rings. The van der Waals surface area contributed by atoms with Gasteiger partial charge in [-0.3, -0.25) is 9.59 Å². The summed E-state index contributed by atoms with van der Waals surface area (Å²) in [5.74, 6) is -0.381. The van der Waals surface area contributed by atoms with Gasteiger partial charge in [0.15, 0.2) is 0 Å². The van der Waals surface area contributed by atoms with Crippen LogP contribution in [0.5, 0.6) is 0 Å². The van der Waals surface area contributed by atoms with E-state index >= 15 is 0 Å². The maximum Gasteiger partial charge on any atom is 0.227 e. The topological polar surface area (TPSA) is 75.4 Å². The van der Waals surface area contributed by atoms with E-state index in [9.17, 15) is 9.59 Å². The fraction of sp³-hybridized carbons (Fsp3) is 0.529. The molecule has 3 N–H and O–H groups in total. The van der Waals surface area contributed by atoms with Crippen molar-refractivity contribution in [2.45, 2.75) is 40.2 Å². The maximum atomic E-state index is 12.4. The minimum atomic E-state index is -0.304. The lowest BCUT2D eigenvalue weighted by atomic mass is 10.0. The Balaban J connectivity index is 2.18. The number of hydrogen-bond acceptors (Lipinski definition) is 3. The Morgan fingerprint density at radius 2 is 1.95 bits per heavy atom. The molecule has 0 saturated carbocycles. The van der Waals surface area contributed by atoms with Crippen molar-refractivity contribution >= 4 is 17.5 Å². The lowest BCUT2D eigenvalue weighted by molar-refractivity contribution is -0.126. The number of aryl methyl sites for hydroxylation is 3. The van der Waals surface area contributed by atoms with Crippen LogP contribution in [-0.2, 0) is 9.59 Å². The van der Waals surface area contributed by atoms with Gasteiger partial charge in [-0.1, -0.05) is 17.7 Å². The van der Waals surface area contributed by atoms with Crippen LogP contribution in [0.4, 0.5) is 5.69 Å². The van der Waals surface area contributed by atoms with E-state index in [1.54, 1.807) is 4.90 Å². The molecule has 1 aliphatic rings. The number of nitrogens with zero attached hydrogens (tertiary/aromatic N) is 1. The third-order valence-electron chi connectivity index (χ3n) is 4.14. The quantitative estimate of drug-likeness (QED) is 0.883. The van der Waals surface area contributed by atoms with Gasteiger partial charge in [-0.05, 0) is 38.8 Å². The zero-order valence-electron chi connectivity index (χ0n) is 13.8. The molecule has 0 bridgehead atoms. The number of hydrogen-bond donors (Lipinski definition) is 2. The third-order valence-corrected chi connectivity index (χ3v) is 4.14. The Labute approximate surface area is 131 Å². The first-order chi connectivity index (χ1) is 10.3. The molecule has 2 rings (SSSR count). The summed E-state index contributed by atoms with van der Waals surface area (Å²) in [7, 11) is 0. The molecule has 0 radical (unpaired) electrons. The number of carbonyl (C=O) groups is 2. The van der Waals surface area contributed by atoms with Gasteiger partial charge < -0.3 is 16.0 Å². The van der Waals surface area contributed by atoms with Crippen molar-refractivity contribution in [1.82, 2.24) is 5.32 Å². The Hall–Kier alpha value is -1.88. The first-order valence-corrected chi connectivity index (χ1v) is 7.72. The second kappa shape index (κ2) is 6.48. The SMILES string of the molecule is Cc1cc(C)c(N2CC(C(=O)N[C@@H](C)CN)CC2=O)c(C)c1. The van der Waals surface area contributed by atoms with E-state index in [1.807, 2.05) is 27.7 Å². The van der Waals surface area contributed by atoms with E-state index in [1.165, 1.54) is 5.56 Å². The second-order valence-electron chi connectivity index (χ2n) is 6.30. The first kappa shape index (κ1) is 16.5. The number of amides is 2. The number of anilines is 1. The van der Waals surface area contributed by atoms with Crippen molar-refractivity contribution < 1.29 is 9.59 Å². The summed E-state index contributed by atoms with van der Waals surface area (Å²) >= 11 is 0. The average molecular weight is 303 g/mol. The molecule has 2 amide bonds. The first-order valence-electron chi connectivity index (χ1n) is 7.72. The molecular weight excluding hydrogens is 278 g/mol. The number of rotatable bonds is 4. The van der Waals surface area contributed by atoms with Crippen molar-refractivity contribution in [3.8, 4) is 0 Å². The van der Waals surface area contributed by atoms with E-state index in [0.717, 1.165) is 16.8 Å². The molecule has 1 aromatic rings. The van der Waals surface area contributed by atoms with Crippen LogP contribution in [-0.4, -0.2) is 30.9 Å². The molecule has 1 saturated heterocycles. The standard InChI is InChI=1S/C17H25N3O2/c1-10-5-11(2)16(12(3)6-10)20-9-14(7-15(20)21)17(22)19-13(4)8-18/h5-6,13-14H,7-9,18H2,1-4H3,(H,19,22)/t13-,14?/m0/s1. The number of carbonyl (C=O) groups excluding carboxylic acids is 2. The number of benzene rings is 1. The summed E-state index contributed by atoms with van der Waals surface area (Å²) in [6.45, 7) is 8.75. The molecule has 1 unspecified atom stereocenters. The van der Waals surface area contributed by atoms with Crippen LogP contribution in [0.2, 0.25) is 0 Å². The Morgan fingerprint density at radius 3 is 2.50 bits per heavy atom. The molecule has 120 valence electrons. The summed E-state index contributed by atoms with van der Waals surface area (Å²) in [4.78, 5) is 26.3. The monoisotopic (exact) mass is 303 g/mol. The third kappa shape index (κ3) is 3.30. The molecule has 22 heavy (non-hydrogen) atoms. The van der Waals surface area contributed by atoms with E-state index in [4.69, 9.17) is 5.73 Å². The molecule has 2 atom stereocenters. The van der Waals surface area contributed by atoms with Gasteiger partial charge >= 0.3 is 0 Å². The Bertz CT molecular complexity index is 575. The Kier molecular flexibility index (Phi) is 4.86. The average Bonchev–Trinajstić information content (AvgIpc) is 2.79. The number of nitrogens with one attached hydrogen (secondary N) is 1. The number of nitrogens with two attached hydrogens (primary N) is 1. The highest BCUT2D eigenvalue weighted by atomic mass is 16.2. The van der Waals surface area contributed by atoms with Crippen LogP contribution >= 0.6 is 0 Å². The molecule has 0 spiro atoms. The second-order valence-corrected chi connectivity index (χ2v) is 6.30. The summed E-state index contributed by atoms with van der Waals surface area (Å²) in [5, 5.41) is 2.86. The summed E-state index contributed by atoms with van der Waals surface area (Å²) in [6.07, 6.45) is 0.260. The predicted octanol–water partition coefficient (Wildman–Crippen LogP) is 1.43. The normalized spacial score (nSPS) is 19.4. The van der Waals surface area contributed by atoms with Crippen molar-refractivity contribution in [1.29, 1.82) is 0 Å². The van der Waals surface area contributed by atoms with Crippen LogP contribution in [0.15, 0.2) is 12.1 Å². The van der Waals surface area contributed by atoms with Crippen molar-refractivity contribution in [3.63, 3.8) is 0 Å². The van der Waals surface area contributed by atoms with Crippen LogP contribution in [0, 0.1) is 26.7 Å². The molecule has 1 aliphatic heterocycles. The lowest BCUT2D eigenvalue weighted by Gasteiger charge is -2.22. The molecule has 0 aliphatic carbocycles. The molecule has 5 nitrogen and oxygen atoms in total. The van der Waals surface area contributed by atoms with Crippen LogP contribution in [0.1, 0.15) is 30.0 Å². The van der Waals surface area contributed by atoms with Gasteiger partial charge in [-0.15, -0.1) is 0 Å². The molecule has 5 heteroatoms. The van der Waals surface area contributed by atoms with Gasteiger partial charge in [0.25, 0.3) is 0 Å². The van der Waals surface area contributed by atoms with E-state index in [0.29, 0.717) is 13.1 Å².